The maximum atomic E-state index is 12.8. The molecule has 0 fully saturated rings. The number of amides is 1. The maximum Gasteiger partial charge on any atom is 0.285 e. The van der Waals surface area contributed by atoms with Crippen molar-refractivity contribution in [1.29, 1.82) is 0 Å². The maximum absolute atomic E-state index is 12.8. The van der Waals surface area contributed by atoms with Crippen LogP contribution >= 0.6 is 0 Å². The normalized spacial score (nSPS) is 14.5. The molecule has 8 nitrogen and oxygen atoms in total. The van der Waals surface area contributed by atoms with Gasteiger partial charge in [-0.15, -0.1) is 4.40 Å². The zero-order valence-corrected chi connectivity index (χ0v) is 19.7. The third-order valence-corrected chi connectivity index (χ3v) is 6.83. The number of carbonyl (C=O) groups excluding carboxylic acids is 1. The number of nitrogens with zero attached hydrogens (tertiary/aromatic N) is 2. The Labute approximate surface area is 197 Å². The number of sulfonamides is 1. The van der Waals surface area contributed by atoms with Crippen molar-refractivity contribution in [2.75, 3.05) is 10.6 Å². The quantitative estimate of drug-likeness (QED) is 0.400. The number of imidazole rings is 1. The minimum atomic E-state index is -3.70. The number of amidine groups is 1. The lowest BCUT2D eigenvalue weighted by Gasteiger charge is -2.13. The monoisotopic (exact) mass is 473 g/mol. The molecule has 9 heteroatoms. The van der Waals surface area contributed by atoms with Crippen LogP contribution in [0, 0.1) is 0 Å². The standard InChI is InChI=1S/C25H23N5O3S/c1-25(2,3)24-28-19-13-12-17(14-20(19)29-24)27-23(31)15-8-10-16(11-9-15)26-22-18-6-4-5-7-21(18)34(32,33)30-22/h4-14H,1-3H3,(H,26,30)(H,27,31)(H,28,29). The minimum Gasteiger partial charge on any atom is -0.341 e. The molecule has 0 atom stereocenters. The van der Waals surface area contributed by atoms with E-state index in [1.165, 1.54) is 6.07 Å². The highest BCUT2D eigenvalue weighted by Crippen LogP contribution is 2.27. The van der Waals surface area contributed by atoms with Crippen LogP contribution in [0.3, 0.4) is 0 Å². The van der Waals surface area contributed by atoms with Gasteiger partial charge in [0.1, 0.15) is 10.7 Å². The topological polar surface area (TPSA) is 116 Å². The Hall–Kier alpha value is -3.98. The molecule has 1 aliphatic rings. The molecule has 1 aliphatic heterocycles. The summed E-state index contributed by atoms with van der Waals surface area (Å²) in [6.45, 7) is 6.26. The van der Waals surface area contributed by atoms with Crippen molar-refractivity contribution in [2.24, 2.45) is 4.40 Å². The predicted molar refractivity (Wildman–Crippen MR) is 133 cm³/mol. The lowest BCUT2D eigenvalue weighted by molar-refractivity contribution is 0.102. The van der Waals surface area contributed by atoms with Gasteiger partial charge in [0.15, 0.2) is 5.84 Å². The first kappa shape index (κ1) is 21.8. The summed E-state index contributed by atoms with van der Waals surface area (Å²) in [5.41, 5.74) is 3.86. The summed E-state index contributed by atoms with van der Waals surface area (Å²) in [6.07, 6.45) is 0. The van der Waals surface area contributed by atoms with E-state index < -0.39 is 10.0 Å². The fourth-order valence-electron chi connectivity index (χ4n) is 3.68. The molecule has 3 N–H and O–H groups in total. The number of aromatic nitrogens is 2. The zero-order valence-electron chi connectivity index (χ0n) is 18.9. The fraction of sp³-hybridized carbons (Fsp3) is 0.160. The second-order valence-electron chi connectivity index (χ2n) is 9.13. The zero-order chi connectivity index (χ0) is 24.1. The molecular weight excluding hydrogens is 450 g/mol. The van der Waals surface area contributed by atoms with Gasteiger partial charge in [0.25, 0.3) is 15.9 Å². The molecule has 2 heterocycles. The van der Waals surface area contributed by atoms with Gasteiger partial charge in [-0.2, -0.15) is 8.42 Å². The highest BCUT2D eigenvalue weighted by Gasteiger charge is 2.28. The van der Waals surface area contributed by atoms with Crippen LogP contribution in [-0.2, 0) is 15.4 Å². The van der Waals surface area contributed by atoms with Crippen LogP contribution in [0.25, 0.3) is 11.0 Å². The van der Waals surface area contributed by atoms with Crippen LogP contribution in [0.15, 0.2) is 76.0 Å². The van der Waals surface area contributed by atoms with E-state index in [4.69, 9.17) is 0 Å². The van der Waals surface area contributed by atoms with Gasteiger partial charge in [0.05, 0.1) is 11.0 Å². The third-order valence-electron chi connectivity index (χ3n) is 5.49. The van der Waals surface area contributed by atoms with Crippen LogP contribution in [0.1, 0.15) is 42.5 Å². The molecule has 1 amide bonds. The number of hydrogen-bond donors (Lipinski definition) is 3. The molecule has 0 bridgehead atoms. The van der Waals surface area contributed by atoms with E-state index in [1.807, 2.05) is 18.2 Å². The van der Waals surface area contributed by atoms with Crippen LogP contribution in [-0.4, -0.2) is 30.1 Å². The van der Waals surface area contributed by atoms with Crippen LogP contribution in [0.5, 0.6) is 0 Å². The van der Waals surface area contributed by atoms with Gasteiger partial charge in [-0.05, 0) is 54.6 Å². The SMILES string of the molecule is CC(C)(C)c1nc2ccc(NC(=O)c3ccc(NC4=NS(=O)(=O)c5ccccc54)cc3)cc2[nH]1. The number of benzene rings is 3. The molecule has 0 saturated carbocycles. The lowest BCUT2D eigenvalue weighted by Crippen LogP contribution is -2.13. The van der Waals surface area contributed by atoms with Gasteiger partial charge in [0, 0.05) is 27.9 Å². The van der Waals surface area contributed by atoms with Crippen LogP contribution in [0.4, 0.5) is 11.4 Å². The van der Waals surface area contributed by atoms with Gasteiger partial charge in [-0.1, -0.05) is 32.9 Å². The summed E-state index contributed by atoms with van der Waals surface area (Å²) in [5, 5.41) is 5.94. The van der Waals surface area contributed by atoms with E-state index in [1.54, 1.807) is 42.5 Å². The average molecular weight is 474 g/mol. The highest BCUT2D eigenvalue weighted by atomic mass is 32.2. The molecule has 172 valence electrons. The Morgan fingerprint density at radius 1 is 0.941 bits per heavy atom. The molecule has 3 aromatic carbocycles. The van der Waals surface area contributed by atoms with E-state index in [-0.39, 0.29) is 22.1 Å². The summed E-state index contributed by atoms with van der Waals surface area (Å²) < 4.78 is 28.3. The molecule has 4 aromatic rings. The number of aromatic amines is 1. The number of carbonyl (C=O) groups is 1. The summed E-state index contributed by atoms with van der Waals surface area (Å²) in [7, 11) is -3.70. The van der Waals surface area contributed by atoms with E-state index in [0.29, 0.717) is 22.5 Å². The molecule has 0 radical (unpaired) electrons. The number of H-pyrrole nitrogens is 1. The Balaban J connectivity index is 1.31. The molecule has 0 aliphatic carbocycles. The largest absolute Gasteiger partial charge is 0.341 e. The first-order valence-corrected chi connectivity index (χ1v) is 12.2. The molecule has 1 aromatic heterocycles. The number of anilines is 2. The Kier molecular flexibility index (Phi) is 5.02. The van der Waals surface area contributed by atoms with Crippen molar-refractivity contribution < 1.29 is 13.2 Å². The van der Waals surface area contributed by atoms with Gasteiger partial charge < -0.3 is 15.6 Å². The summed E-state index contributed by atoms with van der Waals surface area (Å²) in [4.78, 5) is 20.9. The Bertz CT molecular complexity index is 1560. The molecule has 0 unspecified atom stereocenters. The molecule has 5 rings (SSSR count). The highest BCUT2D eigenvalue weighted by molar-refractivity contribution is 7.90. The number of rotatable bonds is 3. The summed E-state index contributed by atoms with van der Waals surface area (Å²) in [6, 6.07) is 19.0. The summed E-state index contributed by atoms with van der Waals surface area (Å²) in [5.74, 6) is 0.888. The number of nitrogens with one attached hydrogen (secondary N) is 3. The van der Waals surface area contributed by atoms with E-state index in [0.717, 1.165) is 16.9 Å². The summed E-state index contributed by atoms with van der Waals surface area (Å²) >= 11 is 0. The van der Waals surface area contributed by atoms with E-state index in [2.05, 4.69) is 45.8 Å². The minimum absolute atomic E-state index is 0.103. The van der Waals surface area contributed by atoms with Crippen LogP contribution < -0.4 is 10.6 Å². The molecule has 0 saturated heterocycles. The second kappa shape index (κ2) is 7.81. The fourth-order valence-corrected chi connectivity index (χ4v) is 4.86. The van der Waals surface area contributed by atoms with Crippen molar-refractivity contribution >= 4 is 44.2 Å². The van der Waals surface area contributed by atoms with Gasteiger partial charge >= 0.3 is 0 Å². The smallest absolute Gasteiger partial charge is 0.285 e. The Morgan fingerprint density at radius 2 is 1.65 bits per heavy atom. The second-order valence-corrected chi connectivity index (χ2v) is 10.7. The molecule has 0 spiro atoms. The van der Waals surface area contributed by atoms with Gasteiger partial charge in [0.2, 0.25) is 0 Å². The molecular formula is C25H23N5O3S. The van der Waals surface area contributed by atoms with Crippen LogP contribution in [0.2, 0.25) is 0 Å². The Morgan fingerprint density at radius 3 is 2.38 bits per heavy atom. The lowest BCUT2D eigenvalue weighted by atomic mass is 9.96. The first-order valence-electron chi connectivity index (χ1n) is 10.7. The van der Waals surface area contributed by atoms with E-state index >= 15 is 0 Å². The van der Waals surface area contributed by atoms with Crippen molar-refractivity contribution in [2.45, 2.75) is 31.1 Å². The van der Waals surface area contributed by atoms with Gasteiger partial charge in [-0.3, -0.25) is 4.79 Å². The molecule has 34 heavy (non-hydrogen) atoms. The van der Waals surface area contributed by atoms with E-state index in [9.17, 15) is 13.2 Å². The van der Waals surface area contributed by atoms with Crippen molar-refractivity contribution in [3.63, 3.8) is 0 Å². The first-order chi connectivity index (χ1) is 16.1. The van der Waals surface area contributed by atoms with Crippen molar-refractivity contribution in [3.8, 4) is 0 Å². The van der Waals surface area contributed by atoms with Crippen molar-refractivity contribution in [1.82, 2.24) is 9.97 Å². The number of hydrogen-bond acceptors (Lipinski definition) is 5. The predicted octanol–water partition coefficient (Wildman–Crippen LogP) is 4.67. The van der Waals surface area contributed by atoms with Gasteiger partial charge in [-0.25, -0.2) is 4.98 Å². The van der Waals surface area contributed by atoms with Crippen molar-refractivity contribution in [3.05, 3.63) is 83.7 Å². The number of fused-ring (bicyclic) bond motifs is 2. The average Bonchev–Trinajstić information content (AvgIpc) is 3.33. The third kappa shape index (κ3) is 4.06.